The molecule has 0 saturated heterocycles. The fourth-order valence-corrected chi connectivity index (χ4v) is 1.95. The van der Waals surface area contributed by atoms with Crippen molar-refractivity contribution in [3.63, 3.8) is 0 Å². The predicted octanol–water partition coefficient (Wildman–Crippen LogP) is 3.29. The summed E-state index contributed by atoms with van der Waals surface area (Å²) in [5.41, 5.74) is 0.740. The molecule has 0 spiro atoms. The maximum absolute atomic E-state index is 13.7. The van der Waals surface area contributed by atoms with Gasteiger partial charge in [0.25, 0.3) is 0 Å². The smallest absolute Gasteiger partial charge is 0.127 e. The number of hydrogen-bond acceptors (Lipinski definition) is 2. The van der Waals surface area contributed by atoms with Crippen LogP contribution in [0, 0.1) is 5.82 Å². The molecule has 2 nitrogen and oxygen atoms in total. The van der Waals surface area contributed by atoms with Gasteiger partial charge in [0.2, 0.25) is 0 Å². The highest BCUT2D eigenvalue weighted by atomic mass is 19.1. The van der Waals surface area contributed by atoms with Crippen molar-refractivity contribution in [1.29, 1.82) is 0 Å². The Labute approximate surface area is 103 Å². The summed E-state index contributed by atoms with van der Waals surface area (Å²) in [6.07, 6.45) is 1.83. The molecule has 17 heavy (non-hydrogen) atoms. The zero-order valence-electron chi connectivity index (χ0n) is 10.9. The molecular formula is C14H22FNO. The Bertz CT molecular complexity index is 330. The highest BCUT2D eigenvalue weighted by Gasteiger charge is 2.16. The van der Waals surface area contributed by atoms with Gasteiger partial charge in [-0.05, 0) is 18.9 Å². The van der Waals surface area contributed by atoms with Crippen LogP contribution in [0.3, 0.4) is 0 Å². The number of methoxy groups -OCH3 is 1. The average Bonchev–Trinajstić information content (AvgIpc) is 2.35. The van der Waals surface area contributed by atoms with Gasteiger partial charge in [-0.15, -0.1) is 0 Å². The lowest BCUT2D eigenvalue weighted by Crippen LogP contribution is -2.35. The van der Waals surface area contributed by atoms with Crippen LogP contribution in [0.2, 0.25) is 0 Å². The SMILES string of the molecule is CCC(COC)NC(CC)c1ccccc1F. The second-order valence-electron chi connectivity index (χ2n) is 4.21. The summed E-state index contributed by atoms with van der Waals surface area (Å²) in [6, 6.07) is 7.27. The third-order valence-corrected chi connectivity index (χ3v) is 2.99. The van der Waals surface area contributed by atoms with Crippen LogP contribution in [0.1, 0.15) is 38.3 Å². The molecule has 1 rings (SSSR count). The number of benzene rings is 1. The second-order valence-corrected chi connectivity index (χ2v) is 4.21. The summed E-state index contributed by atoms with van der Waals surface area (Å²) in [6.45, 7) is 4.82. The molecule has 0 radical (unpaired) electrons. The average molecular weight is 239 g/mol. The first-order valence-electron chi connectivity index (χ1n) is 6.22. The summed E-state index contributed by atoms with van der Waals surface area (Å²) >= 11 is 0. The van der Waals surface area contributed by atoms with Crippen LogP contribution in [0.25, 0.3) is 0 Å². The van der Waals surface area contributed by atoms with Crippen LogP contribution in [0.5, 0.6) is 0 Å². The molecule has 0 aliphatic heterocycles. The molecular weight excluding hydrogens is 217 g/mol. The van der Waals surface area contributed by atoms with Crippen molar-refractivity contribution in [2.24, 2.45) is 0 Å². The van der Waals surface area contributed by atoms with Gasteiger partial charge >= 0.3 is 0 Å². The number of rotatable bonds is 7. The molecule has 0 bridgehead atoms. The monoisotopic (exact) mass is 239 g/mol. The molecule has 0 aliphatic carbocycles. The predicted molar refractivity (Wildman–Crippen MR) is 68.5 cm³/mol. The number of halogens is 1. The lowest BCUT2D eigenvalue weighted by molar-refractivity contribution is 0.157. The molecule has 96 valence electrons. The Morgan fingerprint density at radius 3 is 2.47 bits per heavy atom. The van der Waals surface area contributed by atoms with Crippen LogP contribution in [0.4, 0.5) is 4.39 Å². The van der Waals surface area contributed by atoms with Crippen LogP contribution in [-0.2, 0) is 4.74 Å². The van der Waals surface area contributed by atoms with E-state index in [0.717, 1.165) is 18.4 Å². The fourth-order valence-electron chi connectivity index (χ4n) is 1.95. The van der Waals surface area contributed by atoms with Crippen molar-refractivity contribution in [2.75, 3.05) is 13.7 Å². The van der Waals surface area contributed by atoms with E-state index in [1.54, 1.807) is 13.2 Å². The Balaban J connectivity index is 2.74. The van der Waals surface area contributed by atoms with Gasteiger partial charge in [0, 0.05) is 24.8 Å². The molecule has 0 aromatic heterocycles. The van der Waals surface area contributed by atoms with Gasteiger partial charge in [-0.25, -0.2) is 4.39 Å². The number of hydrogen-bond donors (Lipinski definition) is 1. The molecule has 0 aliphatic rings. The first-order chi connectivity index (χ1) is 8.22. The Hall–Kier alpha value is -0.930. The molecule has 2 unspecified atom stereocenters. The van der Waals surface area contributed by atoms with Crippen LogP contribution in [0.15, 0.2) is 24.3 Å². The lowest BCUT2D eigenvalue weighted by atomic mass is 10.0. The van der Waals surface area contributed by atoms with Gasteiger partial charge in [-0.1, -0.05) is 32.0 Å². The lowest BCUT2D eigenvalue weighted by Gasteiger charge is -2.24. The van der Waals surface area contributed by atoms with Crippen LogP contribution in [-0.4, -0.2) is 19.8 Å². The topological polar surface area (TPSA) is 21.3 Å². The van der Waals surface area contributed by atoms with E-state index in [1.165, 1.54) is 6.07 Å². The van der Waals surface area contributed by atoms with E-state index >= 15 is 0 Å². The van der Waals surface area contributed by atoms with Gasteiger partial charge in [0.1, 0.15) is 5.82 Å². The molecule has 1 N–H and O–H groups in total. The Kier molecular flexibility index (Phi) is 6.16. The molecule has 0 fully saturated rings. The van der Waals surface area contributed by atoms with Crippen molar-refractivity contribution >= 4 is 0 Å². The third kappa shape index (κ3) is 4.10. The highest BCUT2D eigenvalue weighted by Crippen LogP contribution is 2.20. The minimum absolute atomic E-state index is 0.0521. The Morgan fingerprint density at radius 1 is 1.24 bits per heavy atom. The van der Waals surface area contributed by atoms with Gasteiger partial charge in [-0.3, -0.25) is 0 Å². The first kappa shape index (κ1) is 14.1. The summed E-state index contributed by atoms with van der Waals surface area (Å²) in [4.78, 5) is 0. The second kappa shape index (κ2) is 7.41. The van der Waals surface area contributed by atoms with Gasteiger partial charge in [-0.2, -0.15) is 0 Å². The molecule has 1 aromatic carbocycles. The Morgan fingerprint density at radius 2 is 1.94 bits per heavy atom. The maximum Gasteiger partial charge on any atom is 0.127 e. The fraction of sp³-hybridized carbons (Fsp3) is 0.571. The minimum Gasteiger partial charge on any atom is -0.383 e. The van der Waals surface area contributed by atoms with Crippen molar-refractivity contribution in [1.82, 2.24) is 5.32 Å². The normalized spacial score (nSPS) is 14.6. The standard InChI is InChI=1S/C14H22FNO/c1-4-11(10-17-3)16-14(5-2)12-8-6-7-9-13(12)15/h6-9,11,14,16H,4-5,10H2,1-3H3. The molecule has 0 saturated carbocycles. The minimum atomic E-state index is -0.140. The van der Waals surface area contributed by atoms with Gasteiger partial charge < -0.3 is 10.1 Å². The molecule has 0 heterocycles. The number of ether oxygens (including phenoxy) is 1. The van der Waals surface area contributed by atoms with E-state index in [2.05, 4.69) is 19.2 Å². The maximum atomic E-state index is 13.7. The van der Waals surface area contributed by atoms with Crippen molar-refractivity contribution in [2.45, 2.75) is 38.8 Å². The highest BCUT2D eigenvalue weighted by molar-refractivity contribution is 5.21. The zero-order chi connectivity index (χ0) is 12.7. The van der Waals surface area contributed by atoms with E-state index in [4.69, 9.17) is 4.74 Å². The van der Waals surface area contributed by atoms with E-state index in [0.29, 0.717) is 6.61 Å². The molecule has 0 amide bonds. The molecule has 3 heteroatoms. The largest absolute Gasteiger partial charge is 0.383 e. The summed E-state index contributed by atoms with van der Waals surface area (Å²) in [5.74, 6) is -0.140. The van der Waals surface area contributed by atoms with Crippen LogP contribution >= 0.6 is 0 Å². The number of nitrogens with one attached hydrogen (secondary N) is 1. The summed E-state index contributed by atoms with van der Waals surface area (Å²) in [5, 5.41) is 3.45. The van der Waals surface area contributed by atoms with Crippen molar-refractivity contribution in [3.8, 4) is 0 Å². The van der Waals surface area contributed by atoms with Gasteiger partial charge in [0.05, 0.1) is 6.61 Å². The zero-order valence-corrected chi connectivity index (χ0v) is 10.9. The summed E-state index contributed by atoms with van der Waals surface area (Å²) in [7, 11) is 1.69. The third-order valence-electron chi connectivity index (χ3n) is 2.99. The van der Waals surface area contributed by atoms with E-state index in [-0.39, 0.29) is 17.9 Å². The molecule has 2 atom stereocenters. The first-order valence-corrected chi connectivity index (χ1v) is 6.22. The van der Waals surface area contributed by atoms with E-state index < -0.39 is 0 Å². The van der Waals surface area contributed by atoms with Crippen LogP contribution < -0.4 is 5.32 Å². The quantitative estimate of drug-likeness (QED) is 0.788. The summed E-state index contributed by atoms with van der Waals surface area (Å²) < 4.78 is 18.8. The molecule has 1 aromatic rings. The van der Waals surface area contributed by atoms with Crippen molar-refractivity contribution < 1.29 is 9.13 Å². The van der Waals surface area contributed by atoms with Gasteiger partial charge in [0.15, 0.2) is 0 Å². The van der Waals surface area contributed by atoms with E-state index in [9.17, 15) is 4.39 Å². The van der Waals surface area contributed by atoms with E-state index in [1.807, 2.05) is 12.1 Å². The van der Waals surface area contributed by atoms with Crippen molar-refractivity contribution in [3.05, 3.63) is 35.6 Å².